The van der Waals surface area contributed by atoms with Crippen LogP contribution in [0, 0.1) is 18.7 Å². The Hall–Kier alpha value is -3.39. The SMILES string of the molecule is Cc1cc(-c2ccc([C@H](C)Nc3nccc([C@@H]4C(=O)NCC4[C@@H](C)OC(C)(C)C)n3)cn2)ccc1F. The molecule has 4 atom stereocenters. The molecule has 3 aromatic rings. The van der Waals surface area contributed by atoms with Gasteiger partial charge in [-0.2, -0.15) is 0 Å². The van der Waals surface area contributed by atoms with Crippen LogP contribution in [0.3, 0.4) is 0 Å². The number of carbonyl (C=O) groups excluding carboxylic acids is 1. The van der Waals surface area contributed by atoms with E-state index in [1.54, 1.807) is 37.5 Å². The highest BCUT2D eigenvalue weighted by Crippen LogP contribution is 2.33. The Morgan fingerprint density at radius 2 is 1.92 bits per heavy atom. The van der Waals surface area contributed by atoms with E-state index in [2.05, 4.69) is 25.6 Å². The van der Waals surface area contributed by atoms with Gasteiger partial charge in [-0.3, -0.25) is 9.78 Å². The third-order valence-corrected chi connectivity index (χ3v) is 6.45. The lowest BCUT2D eigenvalue weighted by molar-refractivity contribution is -0.122. The minimum absolute atomic E-state index is 0.0243. The summed E-state index contributed by atoms with van der Waals surface area (Å²) >= 11 is 0. The lowest BCUT2D eigenvalue weighted by atomic mass is 9.88. The zero-order valence-electron chi connectivity index (χ0n) is 21.7. The minimum Gasteiger partial charge on any atom is -0.373 e. The number of pyridine rings is 1. The first kappa shape index (κ1) is 25.7. The number of carbonyl (C=O) groups is 1. The highest BCUT2D eigenvalue weighted by Gasteiger charge is 2.41. The quantitative estimate of drug-likeness (QED) is 0.473. The van der Waals surface area contributed by atoms with Crippen molar-refractivity contribution in [1.82, 2.24) is 20.3 Å². The molecule has 0 aliphatic carbocycles. The van der Waals surface area contributed by atoms with Crippen LogP contribution in [-0.2, 0) is 9.53 Å². The summed E-state index contributed by atoms with van der Waals surface area (Å²) in [7, 11) is 0. The number of amides is 1. The zero-order valence-corrected chi connectivity index (χ0v) is 21.7. The molecular weight excluding hydrogens is 457 g/mol. The third-order valence-electron chi connectivity index (χ3n) is 6.45. The molecule has 36 heavy (non-hydrogen) atoms. The standard InChI is InChI=1S/C28H34FN5O2/c1-16-13-19(7-9-22(16)29)23-10-8-20(14-31-23)17(2)33-27-30-12-11-24(34-27)25-21(15-32-26(25)35)18(3)36-28(4,5)6/h7-14,17-18,21,25H,15H2,1-6H3,(H,32,35)(H,30,33,34)/t17-,18+,21?,25+/m0/s1. The monoisotopic (exact) mass is 491 g/mol. The maximum Gasteiger partial charge on any atom is 0.229 e. The predicted octanol–water partition coefficient (Wildman–Crippen LogP) is 5.19. The van der Waals surface area contributed by atoms with Gasteiger partial charge in [0.2, 0.25) is 11.9 Å². The molecule has 0 saturated carbocycles. The summed E-state index contributed by atoms with van der Waals surface area (Å²) in [6, 6.07) is 10.6. The third kappa shape index (κ3) is 5.87. The molecular formula is C28H34FN5O2. The fourth-order valence-electron chi connectivity index (χ4n) is 4.61. The van der Waals surface area contributed by atoms with Crippen LogP contribution in [0.2, 0.25) is 0 Å². The van der Waals surface area contributed by atoms with Crippen molar-refractivity contribution in [3.63, 3.8) is 0 Å². The van der Waals surface area contributed by atoms with Crippen molar-refractivity contribution in [1.29, 1.82) is 0 Å². The van der Waals surface area contributed by atoms with E-state index in [1.165, 1.54) is 6.07 Å². The van der Waals surface area contributed by atoms with Crippen LogP contribution in [-0.4, -0.2) is 39.1 Å². The average molecular weight is 492 g/mol. The zero-order chi connectivity index (χ0) is 26.0. The Balaban J connectivity index is 1.48. The lowest BCUT2D eigenvalue weighted by Gasteiger charge is -2.30. The molecule has 1 aliphatic heterocycles. The number of anilines is 1. The van der Waals surface area contributed by atoms with E-state index in [1.807, 2.05) is 46.8 Å². The normalized spacial score (nSPS) is 19.6. The Morgan fingerprint density at radius 1 is 1.14 bits per heavy atom. The number of aromatic nitrogens is 3. The van der Waals surface area contributed by atoms with Crippen molar-refractivity contribution in [2.45, 2.75) is 65.2 Å². The number of rotatable bonds is 7. The number of ether oxygens (including phenoxy) is 1. The summed E-state index contributed by atoms with van der Waals surface area (Å²) in [5.74, 6) is -0.253. The molecule has 1 fully saturated rings. The average Bonchev–Trinajstić information content (AvgIpc) is 3.21. The molecule has 0 spiro atoms. The molecule has 2 aromatic heterocycles. The van der Waals surface area contributed by atoms with E-state index in [-0.39, 0.29) is 35.4 Å². The predicted molar refractivity (Wildman–Crippen MR) is 138 cm³/mol. The lowest BCUT2D eigenvalue weighted by Crippen LogP contribution is -2.34. The number of hydrogen-bond acceptors (Lipinski definition) is 6. The van der Waals surface area contributed by atoms with E-state index in [0.717, 1.165) is 16.8 Å². The van der Waals surface area contributed by atoms with Crippen molar-refractivity contribution < 1.29 is 13.9 Å². The summed E-state index contributed by atoms with van der Waals surface area (Å²) in [6.45, 7) is 12.3. The van der Waals surface area contributed by atoms with E-state index < -0.39 is 5.92 Å². The molecule has 7 nitrogen and oxygen atoms in total. The van der Waals surface area contributed by atoms with Crippen LogP contribution in [0.25, 0.3) is 11.3 Å². The van der Waals surface area contributed by atoms with Gasteiger partial charge in [-0.05, 0) is 83.0 Å². The highest BCUT2D eigenvalue weighted by molar-refractivity contribution is 5.85. The second-order valence-corrected chi connectivity index (χ2v) is 10.4. The summed E-state index contributed by atoms with van der Waals surface area (Å²) in [6.07, 6.45) is 3.35. The largest absolute Gasteiger partial charge is 0.373 e. The fraction of sp³-hybridized carbons (Fsp3) is 0.429. The van der Waals surface area contributed by atoms with E-state index >= 15 is 0 Å². The molecule has 1 aliphatic rings. The van der Waals surface area contributed by atoms with Crippen LogP contribution < -0.4 is 10.6 Å². The minimum atomic E-state index is -0.402. The van der Waals surface area contributed by atoms with Gasteiger partial charge >= 0.3 is 0 Å². The topological polar surface area (TPSA) is 89.0 Å². The number of nitrogens with one attached hydrogen (secondary N) is 2. The summed E-state index contributed by atoms with van der Waals surface area (Å²) in [5.41, 5.74) is 3.55. The number of halogens is 1. The molecule has 8 heteroatoms. The van der Waals surface area contributed by atoms with Crippen LogP contribution >= 0.6 is 0 Å². The van der Waals surface area contributed by atoms with Crippen LogP contribution in [0.4, 0.5) is 10.3 Å². The first-order valence-electron chi connectivity index (χ1n) is 12.3. The molecule has 1 unspecified atom stereocenters. The summed E-state index contributed by atoms with van der Waals surface area (Å²) in [4.78, 5) is 26.3. The first-order valence-corrected chi connectivity index (χ1v) is 12.3. The van der Waals surface area contributed by atoms with Gasteiger partial charge in [0.1, 0.15) is 5.82 Å². The van der Waals surface area contributed by atoms with E-state index in [9.17, 15) is 9.18 Å². The van der Waals surface area contributed by atoms with E-state index in [4.69, 9.17) is 4.74 Å². The highest BCUT2D eigenvalue weighted by atomic mass is 19.1. The molecule has 1 amide bonds. The Labute approximate surface area is 211 Å². The maximum absolute atomic E-state index is 13.6. The van der Waals surface area contributed by atoms with Gasteiger partial charge in [-0.25, -0.2) is 14.4 Å². The molecule has 0 radical (unpaired) electrons. The first-order chi connectivity index (χ1) is 17.0. The second kappa shape index (κ2) is 10.3. The van der Waals surface area contributed by atoms with Crippen molar-refractivity contribution in [3.8, 4) is 11.3 Å². The van der Waals surface area contributed by atoms with Gasteiger partial charge in [0.05, 0.1) is 35.1 Å². The second-order valence-electron chi connectivity index (χ2n) is 10.4. The molecule has 2 N–H and O–H groups in total. The fourth-order valence-corrected chi connectivity index (χ4v) is 4.61. The van der Waals surface area contributed by atoms with Crippen molar-refractivity contribution in [2.24, 2.45) is 5.92 Å². The summed E-state index contributed by atoms with van der Waals surface area (Å²) in [5, 5.41) is 6.29. The molecule has 190 valence electrons. The van der Waals surface area contributed by atoms with Gasteiger partial charge in [0.15, 0.2) is 0 Å². The number of hydrogen-bond donors (Lipinski definition) is 2. The van der Waals surface area contributed by atoms with Crippen molar-refractivity contribution in [2.75, 3.05) is 11.9 Å². The molecule has 4 rings (SSSR count). The Morgan fingerprint density at radius 3 is 2.58 bits per heavy atom. The summed E-state index contributed by atoms with van der Waals surface area (Å²) < 4.78 is 19.7. The van der Waals surface area contributed by atoms with Gasteiger partial charge in [0, 0.05) is 30.4 Å². The van der Waals surface area contributed by atoms with Gasteiger partial charge in [-0.15, -0.1) is 0 Å². The van der Waals surface area contributed by atoms with E-state index in [0.29, 0.717) is 23.8 Å². The number of nitrogens with zero attached hydrogens (tertiary/aromatic N) is 3. The van der Waals surface area contributed by atoms with Crippen LogP contribution in [0.5, 0.6) is 0 Å². The van der Waals surface area contributed by atoms with Crippen LogP contribution in [0.15, 0.2) is 48.8 Å². The molecule has 1 saturated heterocycles. The molecule has 3 heterocycles. The number of aryl methyl sites for hydroxylation is 1. The maximum atomic E-state index is 13.6. The van der Waals surface area contributed by atoms with Gasteiger partial charge in [0.25, 0.3) is 0 Å². The van der Waals surface area contributed by atoms with Crippen molar-refractivity contribution >= 4 is 11.9 Å². The van der Waals surface area contributed by atoms with Gasteiger partial charge < -0.3 is 15.4 Å². The molecule has 1 aromatic carbocycles. The Kier molecular flexibility index (Phi) is 7.36. The smallest absolute Gasteiger partial charge is 0.229 e. The van der Waals surface area contributed by atoms with Crippen LogP contribution in [0.1, 0.15) is 63.4 Å². The Bertz CT molecular complexity index is 1230. The molecule has 0 bridgehead atoms. The van der Waals surface area contributed by atoms with Crippen molar-refractivity contribution in [3.05, 3.63) is 71.4 Å². The van der Waals surface area contributed by atoms with Gasteiger partial charge in [-0.1, -0.05) is 6.07 Å². The number of benzene rings is 1.